The van der Waals surface area contributed by atoms with Gasteiger partial charge in [-0.25, -0.2) is 4.79 Å². The van der Waals surface area contributed by atoms with Crippen LogP contribution in [-0.2, 0) is 11.2 Å². The Hall–Kier alpha value is -1.79. The van der Waals surface area contributed by atoms with Gasteiger partial charge in [0.1, 0.15) is 6.04 Å². The molecule has 0 bridgehead atoms. The maximum atomic E-state index is 11.3. The lowest BCUT2D eigenvalue weighted by Gasteiger charge is -2.07. The number of hydrogen-bond acceptors (Lipinski definition) is 4. The van der Waals surface area contributed by atoms with Crippen LogP contribution in [0.3, 0.4) is 0 Å². The number of nitrogen functional groups attached to an aromatic ring is 1. The summed E-state index contributed by atoms with van der Waals surface area (Å²) in [6.45, 7) is 0. The number of carbonyl (C=O) groups excluding carboxylic acids is 2. The summed E-state index contributed by atoms with van der Waals surface area (Å²) >= 11 is 0. The Morgan fingerprint density at radius 3 is 2.35 bits per heavy atom. The van der Waals surface area contributed by atoms with Crippen molar-refractivity contribution >= 4 is 30.0 Å². The Bertz CT molecular complexity index is 421. The summed E-state index contributed by atoms with van der Waals surface area (Å²) in [4.78, 5) is 22.2. The van der Waals surface area contributed by atoms with Crippen LogP contribution in [0.2, 0.25) is 0 Å². The first kappa shape index (κ1) is 13.3. The monoisotopic (exact) mass is 256 g/mol. The number of benzene rings is 1. The molecule has 1 aliphatic heterocycles. The largest absolute Gasteiger partial charge is 0.326 e. The summed E-state index contributed by atoms with van der Waals surface area (Å²) < 4.78 is 0. The van der Waals surface area contributed by atoms with Gasteiger partial charge in [-0.05, 0) is 17.7 Å². The molecule has 0 spiro atoms. The zero-order valence-electron chi connectivity index (χ0n) is 8.90. The van der Waals surface area contributed by atoms with E-state index in [-0.39, 0.29) is 18.3 Å². The summed E-state index contributed by atoms with van der Waals surface area (Å²) in [5.41, 5.74) is 4.27. The molecule has 1 atom stereocenters. The summed E-state index contributed by atoms with van der Waals surface area (Å²) in [5, 5.41) is 4.73. The third-order valence-corrected chi connectivity index (χ3v) is 2.42. The highest BCUT2D eigenvalue weighted by molar-refractivity contribution is 6.04. The fourth-order valence-corrected chi connectivity index (χ4v) is 1.58. The molecule has 2 rings (SSSR count). The van der Waals surface area contributed by atoms with E-state index in [1.165, 1.54) is 0 Å². The van der Waals surface area contributed by atoms with Crippen LogP contribution in [0.5, 0.6) is 0 Å². The van der Waals surface area contributed by atoms with Gasteiger partial charge in [0.25, 0.3) is 5.91 Å². The molecule has 5 N–H and O–H groups in total. The Morgan fingerprint density at radius 2 is 1.88 bits per heavy atom. The Balaban J connectivity index is 0.00000144. The lowest BCUT2D eigenvalue weighted by atomic mass is 10.1. The molecule has 0 radical (unpaired) electrons. The van der Waals surface area contributed by atoms with Crippen molar-refractivity contribution in [2.45, 2.75) is 12.5 Å². The zero-order valence-corrected chi connectivity index (χ0v) is 9.71. The molecular weight excluding hydrogens is 244 g/mol. The lowest BCUT2D eigenvalue weighted by molar-refractivity contribution is -0.120. The van der Waals surface area contributed by atoms with Crippen molar-refractivity contribution < 1.29 is 9.59 Å². The second-order valence-electron chi connectivity index (χ2n) is 3.56. The quantitative estimate of drug-likeness (QED) is 0.352. The average Bonchev–Trinajstić information content (AvgIpc) is 2.59. The number of anilines is 1. The van der Waals surface area contributed by atoms with Crippen molar-refractivity contribution in [3.05, 3.63) is 29.8 Å². The van der Waals surface area contributed by atoms with Crippen LogP contribution >= 0.6 is 12.4 Å². The van der Waals surface area contributed by atoms with E-state index in [2.05, 4.69) is 16.1 Å². The highest BCUT2D eigenvalue weighted by Gasteiger charge is 2.29. The van der Waals surface area contributed by atoms with Gasteiger partial charge in [-0.15, -0.1) is 12.4 Å². The predicted octanol–water partition coefficient (Wildman–Crippen LogP) is 0.144. The fraction of sp³-hybridized carbons (Fsp3) is 0.200. The molecule has 0 unspecified atom stereocenters. The van der Waals surface area contributed by atoms with Gasteiger partial charge in [0.05, 0.1) is 0 Å². The second kappa shape index (κ2) is 5.51. The van der Waals surface area contributed by atoms with Crippen LogP contribution in [0.25, 0.3) is 0 Å². The number of imide groups is 1. The summed E-state index contributed by atoms with van der Waals surface area (Å²) in [7, 11) is 0. The minimum Gasteiger partial charge on any atom is -0.326 e. The van der Waals surface area contributed by atoms with E-state index in [1.807, 2.05) is 24.3 Å². The van der Waals surface area contributed by atoms with E-state index in [0.717, 1.165) is 11.3 Å². The molecule has 1 aromatic rings. The highest BCUT2D eigenvalue weighted by atomic mass is 35.5. The SMILES string of the molecule is Cl.NNc1ccc(C[C@@H]2NC(=O)NC2=O)cc1. The molecule has 1 aromatic carbocycles. The van der Waals surface area contributed by atoms with Crippen molar-refractivity contribution in [1.82, 2.24) is 10.6 Å². The van der Waals surface area contributed by atoms with Crippen LogP contribution in [0, 0.1) is 0 Å². The van der Waals surface area contributed by atoms with E-state index in [9.17, 15) is 9.59 Å². The van der Waals surface area contributed by atoms with Gasteiger partial charge in [-0.2, -0.15) is 0 Å². The Kier molecular flexibility index (Phi) is 4.30. The Morgan fingerprint density at radius 1 is 1.24 bits per heavy atom. The average molecular weight is 257 g/mol. The smallest absolute Gasteiger partial charge is 0.322 e. The number of hydrazine groups is 1. The number of halogens is 1. The van der Waals surface area contributed by atoms with Crippen molar-refractivity contribution in [2.24, 2.45) is 5.84 Å². The van der Waals surface area contributed by atoms with Gasteiger partial charge >= 0.3 is 6.03 Å². The molecule has 1 saturated heterocycles. The lowest BCUT2D eigenvalue weighted by Crippen LogP contribution is -2.31. The van der Waals surface area contributed by atoms with Crippen LogP contribution in [0.4, 0.5) is 10.5 Å². The third-order valence-electron chi connectivity index (χ3n) is 2.42. The van der Waals surface area contributed by atoms with E-state index in [4.69, 9.17) is 5.84 Å². The van der Waals surface area contributed by atoms with E-state index < -0.39 is 12.1 Å². The van der Waals surface area contributed by atoms with Crippen LogP contribution < -0.4 is 21.9 Å². The number of nitrogens with one attached hydrogen (secondary N) is 3. The first-order valence-electron chi connectivity index (χ1n) is 4.86. The summed E-state index contributed by atoms with van der Waals surface area (Å²) in [6.07, 6.45) is 0.475. The minimum absolute atomic E-state index is 0. The molecule has 6 nitrogen and oxygen atoms in total. The van der Waals surface area contributed by atoms with E-state index >= 15 is 0 Å². The molecule has 1 aliphatic rings. The van der Waals surface area contributed by atoms with Crippen LogP contribution in [-0.4, -0.2) is 18.0 Å². The van der Waals surface area contributed by atoms with E-state index in [0.29, 0.717) is 6.42 Å². The molecular formula is C10H13ClN4O2. The van der Waals surface area contributed by atoms with E-state index in [1.54, 1.807) is 0 Å². The van der Waals surface area contributed by atoms with Crippen LogP contribution in [0.15, 0.2) is 24.3 Å². The first-order valence-corrected chi connectivity index (χ1v) is 4.86. The topological polar surface area (TPSA) is 96.2 Å². The van der Waals surface area contributed by atoms with Crippen LogP contribution in [0.1, 0.15) is 5.56 Å². The highest BCUT2D eigenvalue weighted by Crippen LogP contribution is 2.11. The number of hydrogen-bond donors (Lipinski definition) is 4. The molecule has 1 fully saturated rings. The number of nitrogens with two attached hydrogens (primary N) is 1. The molecule has 0 saturated carbocycles. The fourth-order valence-electron chi connectivity index (χ4n) is 1.58. The molecule has 17 heavy (non-hydrogen) atoms. The zero-order chi connectivity index (χ0) is 11.5. The molecule has 7 heteroatoms. The van der Waals surface area contributed by atoms with Gasteiger partial charge in [0.15, 0.2) is 0 Å². The van der Waals surface area contributed by atoms with Gasteiger partial charge in [0.2, 0.25) is 0 Å². The normalized spacial score (nSPS) is 18.1. The standard InChI is InChI=1S/C10H12N4O2.ClH/c11-14-7-3-1-6(2-4-7)5-8-9(15)13-10(16)12-8;/h1-4,8,14H,5,11H2,(H2,12,13,15,16);1H/t8-;/m0./s1. The molecule has 92 valence electrons. The third kappa shape index (κ3) is 3.08. The molecule has 1 heterocycles. The molecule has 3 amide bonds. The van der Waals surface area contributed by atoms with Crippen molar-refractivity contribution in [3.8, 4) is 0 Å². The predicted molar refractivity (Wildman–Crippen MR) is 65.7 cm³/mol. The van der Waals surface area contributed by atoms with Gasteiger partial charge in [0, 0.05) is 12.1 Å². The maximum Gasteiger partial charge on any atom is 0.322 e. The van der Waals surface area contributed by atoms with Crippen molar-refractivity contribution in [1.29, 1.82) is 0 Å². The minimum atomic E-state index is -0.482. The second-order valence-corrected chi connectivity index (χ2v) is 3.56. The summed E-state index contributed by atoms with van der Waals surface area (Å²) in [6, 6.07) is 6.41. The summed E-state index contributed by atoms with van der Waals surface area (Å²) in [5.74, 6) is 4.95. The number of amides is 3. The van der Waals surface area contributed by atoms with Gasteiger partial charge < -0.3 is 10.7 Å². The number of urea groups is 1. The number of carbonyl (C=O) groups is 2. The number of rotatable bonds is 3. The van der Waals surface area contributed by atoms with Gasteiger partial charge in [-0.1, -0.05) is 12.1 Å². The first-order chi connectivity index (χ1) is 7.69. The Labute approximate surface area is 104 Å². The maximum absolute atomic E-state index is 11.3. The molecule has 0 aliphatic carbocycles. The molecule has 0 aromatic heterocycles. The van der Waals surface area contributed by atoms with Gasteiger partial charge in [-0.3, -0.25) is 16.0 Å². The van der Waals surface area contributed by atoms with Crippen molar-refractivity contribution in [3.63, 3.8) is 0 Å². The van der Waals surface area contributed by atoms with Crippen molar-refractivity contribution in [2.75, 3.05) is 5.43 Å².